The monoisotopic (exact) mass is 226 g/mol. The van der Waals surface area contributed by atoms with Crippen molar-refractivity contribution in [3.8, 4) is 0 Å². The zero-order valence-electron chi connectivity index (χ0n) is 12.9. The van der Waals surface area contributed by atoms with Crippen LogP contribution in [0.2, 0.25) is 0 Å². The van der Waals surface area contributed by atoms with E-state index in [0.29, 0.717) is 5.41 Å². The number of hydrogen-bond donors (Lipinski definition) is 0. The van der Waals surface area contributed by atoms with Gasteiger partial charge in [-0.15, -0.1) is 0 Å². The third-order valence-electron chi connectivity index (χ3n) is 5.19. The maximum atomic E-state index is 2.43. The molecule has 0 heterocycles. The van der Waals surface area contributed by atoms with E-state index < -0.39 is 0 Å². The molecule has 0 aromatic heterocycles. The molecule has 98 valence electrons. The summed E-state index contributed by atoms with van der Waals surface area (Å²) in [5.74, 6) is 3.35. The molecular formula is C16H34. The Kier molecular flexibility index (Phi) is 6.67. The third-order valence-corrected chi connectivity index (χ3v) is 5.19. The molecule has 0 aliphatic heterocycles. The molecule has 0 heteroatoms. The Morgan fingerprint density at radius 1 is 0.812 bits per heavy atom. The van der Waals surface area contributed by atoms with Gasteiger partial charge in [0, 0.05) is 0 Å². The molecule has 0 saturated carbocycles. The second-order valence-electron chi connectivity index (χ2n) is 7.03. The van der Waals surface area contributed by atoms with E-state index in [9.17, 15) is 0 Å². The molecule has 0 aliphatic rings. The van der Waals surface area contributed by atoms with Crippen molar-refractivity contribution in [2.75, 3.05) is 0 Å². The van der Waals surface area contributed by atoms with Crippen LogP contribution in [0.3, 0.4) is 0 Å². The molecule has 0 aromatic carbocycles. The van der Waals surface area contributed by atoms with Gasteiger partial charge in [-0.1, -0.05) is 74.7 Å². The Morgan fingerprint density at radius 2 is 1.31 bits per heavy atom. The van der Waals surface area contributed by atoms with Crippen molar-refractivity contribution in [1.29, 1.82) is 0 Å². The zero-order chi connectivity index (χ0) is 12.9. The molecule has 16 heavy (non-hydrogen) atoms. The fourth-order valence-electron chi connectivity index (χ4n) is 2.02. The summed E-state index contributed by atoms with van der Waals surface area (Å²) < 4.78 is 0. The van der Waals surface area contributed by atoms with Crippen LogP contribution in [0.15, 0.2) is 0 Å². The maximum absolute atomic E-state index is 2.43. The summed E-state index contributed by atoms with van der Waals surface area (Å²) in [6.07, 6.45) is 4.19. The summed E-state index contributed by atoms with van der Waals surface area (Å²) >= 11 is 0. The molecule has 0 amide bonds. The van der Waals surface area contributed by atoms with E-state index in [1.807, 2.05) is 0 Å². The van der Waals surface area contributed by atoms with Crippen LogP contribution in [0.5, 0.6) is 0 Å². The van der Waals surface area contributed by atoms with Crippen molar-refractivity contribution >= 4 is 0 Å². The standard InChI is InChI=1S/C16H34/c1-12(2)14(5)10-9-11-15(6)16(7,8)13(3)4/h12-15H,9-11H2,1-8H3. The van der Waals surface area contributed by atoms with Crippen LogP contribution in [-0.4, -0.2) is 0 Å². The van der Waals surface area contributed by atoms with Gasteiger partial charge in [0.25, 0.3) is 0 Å². The van der Waals surface area contributed by atoms with Gasteiger partial charge >= 0.3 is 0 Å². The van der Waals surface area contributed by atoms with E-state index in [-0.39, 0.29) is 0 Å². The molecule has 0 radical (unpaired) electrons. The molecule has 2 unspecified atom stereocenters. The predicted octanol–water partition coefficient (Wildman–Crippen LogP) is 5.77. The minimum Gasteiger partial charge on any atom is -0.0625 e. The summed E-state index contributed by atoms with van der Waals surface area (Å²) in [7, 11) is 0. The Hall–Kier alpha value is 0. The lowest BCUT2D eigenvalue weighted by molar-refractivity contribution is 0.138. The van der Waals surface area contributed by atoms with Crippen LogP contribution in [-0.2, 0) is 0 Å². The van der Waals surface area contributed by atoms with Crippen molar-refractivity contribution in [3.05, 3.63) is 0 Å². The maximum Gasteiger partial charge on any atom is -0.0305 e. The van der Waals surface area contributed by atoms with E-state index in [0.717, 1.165) is 23.7 Å². The minimum atomic E-state index is 0.487. The van der Waals surface area contributed by atoms with Gasteiger partial charge in [0.15, 0.2) is 0 Å². The van der Waals surface area contributed by atoms with Crippen molar-refractivity contribution < 1.29 is 0 Å². The average Bonchev–Trinajstić information content (AvgIpc) is 2.16. The highest BCUT2D eigenvalue weighted by molar-refractivity contribution is 4.78. The SMILES string of the molecule is CC(C)C(C)CCCC(C)C(C)(C)C(C)C. The fraction of sp³-hybridized carbons (Fsp3) is 1.00. The van der Waals surface area contributed by atoms with Gasteiger partial charge in [-0.25, -0.2) is 0 Å². The van der Waals surface area contributed by atoms with Gasteiger partial charge in [-0.2, -0.15) is 0 Å². The molecule has 0 spiro atoms. The fourth-order valence-corrected chi connectivity index (χ4v) is 2.02. The molecule has 0 N–H and O–H groups in total. The molecule has 0 nitrogen and oxygen atoms in total. The highest BCUT2D eigenvalue weighted by atomic mass is 14.3. The number of rotatable bonds is 7. The quantitative estimate of drug-likeness (QED) is 0.517. The summed E-state index contributed by atoms with van der Waals surface area (Å²) in [5, 5.41) is 0. The summed E-state index contributed by atoms with van der Waals surface area (Å²) in [6.45, 7) is 19.1. The average molecular weight is 226 g/mol. The summed E-state index contributed by atoms with van der Waals surface area (Å²) in [6, 6.07) is 0. The van der Waals surface area contributed by atoms with E-state index in [4.69, 9.17) is 0 Å². The molecule has 0 aliphatic carbocycles. The molecular weight excluding hydrogens is 192 g/mol. The van der Waals surface area contributed by atoms with Crippen molar-refractivity contribution in [3.63, 3.8) is 0 Å². The van der Waals surface area contributed by atoms with Gasteiger partial charge in [0.1, 0.15) is 0 Å². The lowest BCUT2D eigenvalue weighted by atomic mass is 9.69. The molecule has 0 fully saturated rings. The third kappa shape index (κ3) is 4.89. The topological polar surface area (TPSA) is 0 Å². The highest BCUT2D eigenvalue weighted by Gasteiger charge is 2.28. The van der Waals surface area contributed by atoms with Crippen molar-refractivity contribution in [1.82, 2.24) is 0 Å². The van der Waals surface area contributed by atoms with Crippen molar-refractivity contribution in [2.24, 2.45) is 29.1 Å². The Morgan fingerprint density at radius 3 is 1.69 bits per heavy atom. The van der Waals surface area contributed by atoms with Gasteiger partial charge in [0.2, 0.25) is 0 Å². The second-order valence-corrected chi connectivity index (χ2v) is 7.03. The van der Waals surface area contributed by atoms with Gasteiger partial charge < -0.3 is 0 Å². The number of hydrogen-bond acceptors (Lipinski definition) is 0. The predicted molar refractivity (Wildman–Crippen MR) is 75.6 cm³/mol. The highest BCUT2D eigenvalue weighted by Crippen LogP contribution is 2.37. The first-order chi connectivity index (χ1) is 7.19. The van der Waals surface area contributed by atoms with Crippen LogP contribution in [0.4, 0.5) is 0 Å². The Labute approximate surface area is 104 Å². The van der Waals surface area contributed by atoms with E-state index in [1.165, 1.54) is 19.3 Å². The normalized spacial score (nSPS) is 16.9. The summed E-state index contributed by atoms with van der Waals surface area (Å²) in [4.78, 5) is 0. The Balaban J connectivity index is 3.94. The first-order valence-electron chi connectivity index (χ1n) is 7.19. The van der Waals surface area contributed by atoms with Crippen LogP contribution in [0, 0.1) is 29.1 Å². The van der Waals surface area contributed by atoms with Gasteiger partial charge in [0.05, 0.1) is 0 Å². The van der Waals surface area contributed by atoms with Crippen molar-refractivity contribution in [2.45, 2.75) is 74.7 Å². The lowest BCUT2D eigenvalue weighted by Crippen LogP contribution is -2.27. The minimum absolute atomic E-state index is 0.487. The van der Waals surface area contributed by atoms with Crippen LogP contribution < -0.4 is 0 Å². The van der Waals surface area contributed by atoms with Gasteiger partial charge in [-0.3, -0.25) is 0 Å². The molecule has 0 rings (SSSR count). The lowest BCUT2D eigenvalue weighted by Gasteiger charge is -2.36. The van der Waals surface area contributed by atoms with E-state index in [2.05, 4.69) is 55.4 Å². The molecule has 0 saturated heterocycles. The first kappa shape index (κ1) is 16.0. The van der Waals surface area contributed by atoms with E-state index in [1.54, 1.807) is 0 Å². The molecule has 2 atom stereocenters. The van der Waals surface area contributed by atoms with Gasteiger partial charge in [-0.05, 0) is 29.1 Å². The largest absolute Gasteiger partial charge is 0.0625 e. The van der Waals surface area contributed by atoms with Crippen LogP contribution in [0.1, 0.15) is 74.7 Å². The summed E-state index contributed by atoms with van der Waals surface area (Å²) in [5.41, 5.74) is 0.487. The smallest absolute Gasteiger partial charge is 0.0305 e. The molecule has 0 aromatic rings. The van der Waals surface area contributed by atoms with Crippen LogP contribution in [0.25, 0.3) is 0 Å². The van der Waals surface area contributed by atoms with Crippen LogP contribution >= 0.6 is 0 Å². The first-order valence-corrected chi connectivity index (χ1v) is 7.19. The Bertz CT molecular complexity index is 176. The van der Waals surface area contributed by atoms with E-state index >= 15 is 0 Å². The second kappa shape index (κ2) is 6.67. The zero-order valence-corrected chi connectivity index (χ0v) is 12.9. The molecule has 0 bridgehead atoms.